The Labute approximate surface area is 112 Å². The van der Waals surface area contributed by atoms with E-state index in [2.05, 4.69) is 26.3 Å². The molecule has 1 rings (SSSR count). The number of hydrogen-bond acceptors (Lipinski definition) is 2. The highest BCUT2D eigenvalue weighted by molar-refractivity contribution is 4.82. The number of alkyl halides is 1. The molecule has 108 valence electrons. The lowest BCUT2D eigenvalue weighted by Gasteiger charge is -2.37. The molecular weight excluding hydrogens is 229 g/mol. The maximum Gasteiger partial charge on any atom is 0.217 e. The molecule has 1 atom stereocenters. The monoisotopic (exact) mass is 259 g/mol. The van der Waals surface area contributed by atoms with Crippen molar-refractivity contribution in [2.24, 2.45) is 17.3 Å². The van der Waals surface area contributed by atoms with Crippen molar-refractivity contribution in [2.45, 2.75) is 79.1 Å². The molecular formula is C15H30FNO. The average molecular weight is 259 g/mol. The highest BCUT2D eigenvalue weighted by atomic mass is 19.1. The Morgan fingerprint density at radius 3 is 2.17 bits per heavy atom. The summed E-state index contributed by atoms with van der Waals surface area (Å²) < 4.78 is 13.4. The Morgan fingerprint density at radius 2 is 1.72 bits per heavy atom. The molecule has 1 unspecified atom stereocenters. The molecule has 0 saturated heterocycles. The molecule has 1 N–H and O–H groups in total. The van der Waals surface area contributed by atoms with Crippen molar-refractivity contribution in [3.63, 3.8) is 0 Å². The van der Waals surface area contributed by atoms with Crippen molar-refractivity contribution >= 4 is 0 Å². The maximum atomic E-state index is 13.4. The highest BCUT2D eigenvalue weighted by Crippen LogP contribution is 2.37. The Bertz CT molecular complexity index is 229. The van der Waals surface area contributed by atoms with Gasteiger partial charge in [0.2, 0.25) is 6.36 Å². The first-order valence-electron chi connectivity index (χ1n) is 7.34. The van der Waals surface area contributed by atoms with Gasteiger partial charge in [-0.2, -0.15) is 5.48 Å². The van der Waals surface area contributed by atoms with Gasteiger partial charge in [-0.1, -0.05) is 34.6 Å². The average Bonchev–Trinajstić information content (AvgIpc) is 2.25. The van der Waals surface area contributed by atoms with Crippen LogP contribution >= 0.6 is 0 Å². The van der Waals surface area contributed by atoms with E-state index in [0.717, 1.165) is 18.8 Å². The second-order valence-corrected chi connectivity index (χ2v) is 7.19. The number of hydrogen-bond donors (Lipinski definition) is 1. The maximum absolute atomic E-state index is 13.4. The predicted molar refractivity (Wildman–Crippen MR) is 73.8 cm³/mol. The Hall–Kier alpha value is -0.150. The van der Waals surface area contributed by atoms with E-state index in [1.165, 1.54) is 12.8 Å². The van der Waals surface area contributed by atoms with Crippen LogP contribution in [0.3, 0.4) is 0 Å². The van der Waals surface area contributed by atoms with Crippen molar-refractivity contribution in [3.05, 3.63) is 0 Å². The Morgan fingerprint density at radius 1 is 1.17 bits per heavy atom. The van der Waals surface area contributed by atoms with E-state index in [4.69, 9.17) is 4.84 Å². The molecule has 3 heteroatoms. The molecule has 0 aliphatic heterocycles. The van der Waals surface area contributed by atoms with Crippen LogP contribution in [0.4, 0.5) is 4.39 Å². The molecule has 0 aromatic carbocycles. The van der Waals surface area contributed by atoms with Crippen molar-refractivity contribution < 1.29 is 9.23 Å². The molecule has 18 heavy (non-hydrogen) atoms. The van der Waals surface area contributed by atoms with Crippen LogP contribution in [-0.2, 0) is 4.84 Å². The summed E-state index contributed by atoms with van der Waals surface area (Å²) in [5.41, 5.74) is 3.32. The quantitative estimate of drug-likeness (QED) is 0.736. The minimum absolute atomic E-state index is 0.328. The van der Waals surface area contributed by atoms with Crippen LogP contribution in [0.15, 0.2) is 0 Å². The van der Waals surface area contributed by atoms with Crippen molar-refractivity contribution in [2.75, 3.05) is 0 Å². The summed E-state index contributed by atoms with van der Waals surface area (Å²) in [5.74, 6) is 1.12. The fourth-order valence-corrected chi connectivity index (χ4v) is 2.67. The van der Waals surface area contributed by atoms with Gasteiger partial charge in [-0.25, -0.2) is 4.39 Å². The van der Waals surface area contributed by atoms with Gasteiger partial charge >= 0.3 is 0 Å². The normalized spacial score (nSPS) is 27.5. The lowest BCUT2D eigenvalue weighted by molar-refractivity contribution is -0.124. The van der Waals surface area contributed by atoms with E-state index < -0.39 is 6.36 Å². The third-order valence-corrected chi connectivity index (χ3v) is 3.97. The zero-order valence-electron chi connectivity index (χ0n) is 12.6. The third-order valence-electron chi connectivity index (χ3n) is 3.97. The number of nitrogens with one attached hydrogen (secondary N) is 1. The van der Waals surface area contributed by atoms with Gasteiger partial charge in [-0.15, -0.1) is 0 Å². The minimum atomic E-state index is -1.18. The van der Waals surface area contributed by atoms with Gasteiger partial charge in [0, 0.05) is 12.5 Å². The Balaban J connectivity index is 2.20. The summed E-state index contributed by atoms with van der Waals surface area (Å²) in [5, 5.41) is 0. The van der Waals surface area contributed by atoms with E-state index in [0.29, 0.717) is 23.8 Å². The van der Waals surface area contributed by atoms with Gasteiger partial charge in [0.05, 0.1) is 0 Å². The summed E-state index contributed by atoms with van der Waals surface area (Å²) in [7, 11) is 0. The number of rotatable bonds is 5. The van der Waals surface area contributed by atoms with E-state index in [9.17, 15) is 4.39 Å². The third kappa shape index (κ3) is 5.66. The van der Waals surface area contributed by atoms with Crippen molar-refractivity contribution in [1.82, 2.24) is 5.48 Å². The van der Waals surface area contributed by atoms with Crippen LogP contribution in [0.2, 0.25) is 0 Å². The summed E-state index contributed by atoms with van der Waals surface area (Å²) in [6.07, 6.45) is 3.90. The second kappa shape index (κ2) is 6.85. The predicted octanol–water partition coefficient (Wildman–Crippen LogP) is 4.45. The highest BCUT2D eigenvalue weighted by Gasteiger charge is 2.29. The fraction of sp³-hybridized carbons (Fsp3) is 1.00. The molecule has 0 amide bonds. The lowest BCUT2D eigenvalue weighted by atomic mass is 9.71. The molecule has 2 nitrogen and oxygen atoms in total. The first-order chi connectivity index (χ1) is 8.29. The molecule has 1 aliphatic carbocycles. The molecule has 1 aliphatic rings. The minimum Gasteiger partial charge on any atom is -0.264 e. The standard InChI is InChI=1S/C15H30FNO/c1-11(2)10-14(16)18-17-13-8-6-12(7-9-13)15(3,4)5/h11-14,17H,6-10H2,1-5H3. The first kappa shape index (κ1) is 15.9. The topological polar surface area (TPSA) is 21.3 Å². The SMILES string of the molecule is CC(C)CC(F)ONC1CCC(C(C)(C)C)CC1. The van der Waals surface area contributed by atoms with Gasteiger partial charge in [0.15, 0.2) is 0 Å². The van der Waals surface area contributed by atoms with Gasteiger partial charge in [0.25, 0.3) is 0 Å². The summed E-state index contributed by atoms with van der Waals surface area (Å²) in [6.45, 7) is 10.9. The Kier molecular flexibility index (Phi) is 6.06. The van der Waals surface area contributed by atoms with Crippen molar-refractivity contribution in [3.8, 4) is 0 Å². The van der Waals surface area contributed by atoms with Gasteiger partial charge in [0.1, 0.15) is 0 Å². The smallest absolute Gasteiger partial charge is 0.217 e. The molecule has 0 aromatic heterocycles. The largest absolute Gasteiger partial charge is 0.264 e. The first-order valence-corrected chi connectivity index (χ1v) is 7.34. The number of halogens is 1. The molecule has 1 fully saturated rings. The van der Waals surface area contributed by atoms with Crippen LogP contribution in [0, 0.1) is 17.3 Å². The van der Waals surface area contributed by atoms with E-state index >= 15 is 0 Å². The molecule has 0 spiro atoms. The van der Waals surface area contributed by atoms with E-state index in [-0.39, 0.29) is 0 Å². The van der Waals surface area contributed by atoms with Gasteiger partial charge in [-0.3, -0.25) is 4.84 Å². The molecule has 0 heterocycles. The molecule has 0 bridgehead atoms. The lowest BCUT2D eigenvalue weighted by Crippen LogP contribution is -2.37. The van der Waals surface area contributed by atoms with E-state index in [1.807, 2.05) is 13.8 Å². The zero-order chi connectivity index (χ0) is 13.8. The second-order valence-electron chi connectivity index (χ2n) is 7.19. The molecule has 0 radical (unpaired) electrons. The van der Waals surface area contributed by atoms with Crippen LogP contribution in [0.1, 0.15) is 66.7 Å². The van der Waals surface area contributed by atoms with Crippen LogP contribution in [0.25, 0.3) is 0 Å². The molecule has 1 saturated carbocycles. The summed E-state index contributed by atoms with van der Waals surface area (Å²) >= 11 is 0. The fourth-order valence-electron chi connectivity index (χ4n) is 2.67. The summed E-state index contributed by atoms with van der Waals surface area (Å²) in [6, 6.07) is 0.328. The van der Waals surface area contributed by atoms with Crippen LogP contribution in [0.5, 0.6) is 0 Å². The van der Waals surface area contributed by atoms with Gasteiger partial charge < -0.3 is 0 Å². The summed E-state index contributed by atoms with van der Waals surface area (Å²) in [4.78, 5) is 5.10. The van der Waals surface area contributed by atoms with Gasteiger partial charge in [-0.05, 0) is 42.9 Å². The number of hydroxylamine groups is 1. The van der Waals surface area contributed by atoms with Crippen LogP contribution in [-0.4, -0.2) is 12.4 Å². The molecule has 0 aromatic rings. The van der Waals surface area contributed by atoms with E-state index in [1.54, 1.807) is 0 Å². The zero-order valence-corrected chi connectivity index (χ0v) is 12.6. The van der Waals surface area contributed by atoms with Crippen LogP contribution < -0.4 is 5.48 Å². The van der Waals surface area contributed by atoms with Crippen molar-refractivity contribution in [1.29, 1.82) is 0 Å².